The van der Waals surface area contributed by atoms with Crippen molar-refractivity contribution in [2.24, 2.45) is 0 Å². The minimum Gasteiger partial charge on any atom is -0.494 e. The normalized spacial score (nSPS) is 15.2. The summed E-state index contributed by atoms with van der Waals surface area (Å²) in [7, 11) is -3.78. The van der Waals surface area contributed by atoms with Crippen LogP contribution in [0.4, 0.5) is 4.39 Å². The molecule has 1 heterocycles. The molecule has 2 aromatic carbocycles. The molecule has 0 radical (unpaired) electrons. The SMILES string of the molecule is Cc1ccc(OCCCC(=O)N2CCN(S(=O)(=O)c3ccc(F)c(Cl)c3)CC2)cc1. The van der Waals surface area contributed by atoms with Crippen molar-refractivity contribution in [1.29, 1.82) is 0 Å². The van der Waals surface area contributed by atoms with E-state index in [9.17, 15) is 17.6 Å². The molecule has 1 aliphatic heterocycles. The molecule has 0 aromatic heterocycles. The Balaban J connectivity index is 1.45. The minimum atomic E-state index is -3.78. The van der Waals surface area contributed by atoms with Crippen LogP contribution >= 0.6 is 11.6 Å². The maximum absolute atomic E-state index is 13.3. The standard InChI is InChI=1S/C21H24ClFN2O4S/c1-16-4-6-17(7-5-16)29-14-2-3-21(26)24-10-12-25(13-11-24)30(27,28)18-8-9-20(23)19(22)15-18/h4-9,15H,2-3,10-14H2,1H3. The number of piperazine rings is 1. The lowest BCUT2D eigenvalue weighted by Gasteiger charge is -2.34. The number of ether oxygens (including phenoxy) is 1. The van der Waals surface area contributed by atoms with Crippen LogP contribution in [0.1, 0.15) is 18.4 Å². The summed E-state index contributed by atoms with van der Waals surface area (Å²) in [5, 5.41) is -0.238. The van der Waals surface area contributed by atoms with Crippen molar-refractivity contribution in [3.8, 4) is 5.75 Å². The van der Waals surface area contributed by atoms with E-state index in [0.29, 0.717) is 32.5 Å². The van der Waals surface area contributed by atoms with E-state index in [2.05, 4.69) is 0 Å². The van der Waals surface area contributed by atoms with Gasteiger partial charge in [-0.25, -0.2) is 12.8 Å². The van der Waals surface area contributed by atoms with Gasteiger partial charge in [-0.2, -0.15) is 4.31 Å². The molecule has 0 saturated carbocycles. The highest BCUT2D eigenvalue weighted by atomic mass is 35.5. The van der Waals surface area contributed by atoms with Gasteiger partial charge >= 0.3 is 0 Å². The second-order valence-corrected chi connectivity index (χ2v) is 9.47. The Morgan fingerprint density at radius 1 is 1.10 bits per heavy atom. The van der Waals surface area contributed by atoms with Crippen LogP contribution < -0.4 is 4.74 Å². The lowest BCUT2D eigenvalue weighted by atomic mass is 10.2. The van der Waals surface area contributed by atoms with Gasteiger partial charge in [-0.05, 0) is 43.7 Å². The van der Waals surface area contributed by atoms with Gasteiger partial charge in [0.1, 0.15) is 11.6 Å². The molecule has 3 rings (SSSR count). The van der Waals surface area contributed by atoms with Crippen LogP contribution in [-0.4, -0.2) is 56.3 Å². The van der Waals surface area contributed by atoms with E-state index in [1.54, 1.807) is 4.90 Å². The molecule has 0 unspecified atom stereocenters. The molecule has 1 saturated heterocycles. The predicted octanol–water partition coefficient (Wildman–Crippen LogP) is 3.48. The first-order chi connectivity index (χ1) is 14.3. The highest BCUT2D eigenvalue weighted by Gasteiger charge is 2.30. The van der Waals surface area contributed by atoms with Crippen LogP contribution in [-0.2, 0) is 14.8 Å². The van der Waals surface area contributed by atoms with Crippen molar-refractivity contribution < 1.29 is 22.3 Å². The Labute approximate surface area is 181 Å². The molecule has 0 aliphatic carbocycles. The lowest BCUT2D eigenvalue weighted by Crippen LogP contribution is -2.50. The van der Waals surface area contributed by atoms with E-state index in [-0.39, 0.29) is 28.9 Å². The summed E-state index contributed by atoms with van der Waals surface area (Å²) >= 11 is 5.71. The average Bonchev–Trinajstić information content (AvgIpc) is 2.74. The molecule has 30 heavy (non-hydrogen) atoms. The van der Waals surface area contributed by atoms with Gasteiger partial charge in [0, 0.05) is 32.6 Å². The fourth-order valence-corrected chi connectivity index (χ4v) is 4.86. The van der Waals surface area contributed by atoms with Gasteiger partial charge in [-0.1, -0.05) is 29.3 Å². The summed E-state index contributed by atoms with van der Waals surface area (Å²) in [4.78, 5) is 14.0. The van der Waals surface area contributed by atoms with Crippen LogP contribution in [0.5, 0.6) is 5.75 Å². The Hall–Kier alpha value is -2.16. The molecule has 1 aliphatic rings. The topological polar surface area (TPSA) is 66.9 Å². The van der Waals surface area contributed by atoms with Crippen molar-refractivity contribution in [2.45, 2.75) is 24.7 Å². The third-order valence-corrected chi connectivity index (χ3v) is 7.13. The number of rotatable bonds is 7. The van der Waals surface area contributed by atoms with E-state index in [4.69, 9.17) is 16.3 Å². The first kappa shape index (κ1) is 22.5. The molecule has 0 spiro atoms. The molecule has 2 aromatic rings. The summed E-state index contributed by atoms with van der Waals surface area (Å²) in [6.45, 7) is 3.43. The summed E-state index contributed by atoms with van der Waals surface area (Å²) in [5.74, 6) is 0.0783. The van der Waals surface area contributed by atoms with Crippen LogP contribution in [0.3, 0.4) is 0 Å². The number of amides is 1. The quantitative estimate of drug-likeness (QED) is 0.601. The molecule has 0 atom stereocenters. The Morgan fingerprint density at radius 2 is 1.77 bits per heavy atom. The van der Waals surface area contributed by atoms with Crippen LogP contribution in [0.25, 0.3) is 0 Å². The first-order valence-electron chi connectivity index (χ1n) is 9.70. The van der Waals surface area contributed by atoms with Crippen LogP contribution in [0.15, 0.2) is 47.4 Å². The Bertz CT molecular complexity index is 991. The van der Waals surface area contributed by atoms with Gasteiger partial charge < -0.3 is 9.64 Å². The van der Waals surface area contributed by atoms with Crippen molar-refractivity contribution in [2.75, 3.05) is 32.8 Å². The molecule has 1 fully saturated rings. The third-order valence-electron chi connectivity index (χ3n) is 4.94. The number of sulfonamides is 1. The first-order valence-corrected chi connectivity index (χ1v) is 11.5. The van der Waals surface area contributed by atoms with Crippen molar-refractivity contribution in [3.63, 3.8) is 0 Å². The number of carbonyl (C=O) groups excluding carboxylic acids is 1. The van der Waals surface area contributed by atoms with Gasteiger partial charge in [-0.15, -0.1) is 0 Å². The lowest BCUT2D eigenvalue weighted by molar-refractivity contribution is -0.132. The largest absolute Gasteiger partial charge is 0.494 e. The van der Waals surface area contributed by atoms with Crippen LogP contribution in [0.2, 0.25) is 5.02 Å². The predicted molar refractivity (Wildman–Crippen MR) is 113 cm³/mol. The van der Waals surface area contributed by atoms with Gasteiger partial charge in [0.05, 0.1) is 16.5 Å². The van der Waals surface area contributed by atoms with Crippen LogP contribution in [0, 0.1) is 12.7 Å². The van der Waals surface area contributed by atoms with E-state index in [0.717, 1.165) is 23.4 Å². The molecule has 9 heteroatoms. The minimum absolute atomic E-state index is 0.0237. The molecule has 6 nitrogen and oxygen atoms in total. The maximum atomic E-state index is 13.3. The fourth-order valence-electron chi connectivity index (χ4n) is 3.17. The number of hydrogen-bond acceptors (Lipinski definition) is 4. The third kappa shape index (κ3) is 5.50. The molecule has 0 N–H and O–H groups in total. The molecule has 1 amide bonds. The summed E-state index contributed by atoms with van der Waals surface area (Å²) in [6, 6.07) is 11.1. The summed E-state index contributed by atoms with van der Waals surface area (Å²) in [5.41, 5.74) is 1.15. The van der Waals surface area contributed by atoms with Gasteiger partial charge in [-0.3, -0.25) is 4.79 Å². The number of aryl methyl sites for hydroxylation is 1. The highest BCUT2D eigenvalue weighted by molar-refractivity contribution is 7.89. The van der Waals surface area contributed by atoms with Gasteiger partial charge in [0.15, 0.2) is 0 Å². The highest BCUT2D eigenvalue weighted by Crippen LogP contribution is 2.23. The van der Waals surface area contributed by atoms with Crippen molar-refractivity contribution in [1.82, 2.24) is 9.21 Å². The Morgan fingerprint density at radius 3 is 2.40 bits per heavy atom. The van der Waals surface area contributed by atoms with E-state index in [1.807, 2.05) is 31.2 Å². The fraction of sp³-hybridized carbons (Fsp3) is 0.381. The number of carbonyl (C=O) groups is 1. The average molecular weight is 455 g/mol. The molecular formula is C21H24ClFN2O4S. The number of halogens is 2. The van der Waals surface area contributed by atoms with Crippen molar-refractivity contribution >= 4 is 27.5 Å². The number of benzene rings is 2. The second-order valence-electron chi connectivity index (χ2n) is 7.13. The maximum Gasteiger partial charge on any atom is 0.243 e. The van der Waals surface area contributed by atoms with E-state index in [1.165, 1.54) is 10.4 Å². The number of hydrogen-bond donors (Lipinski definition) is 0. The zero-order chi connectivity index (χ0) is 21.7. The molecular weight excluding hydrogens is 431 g/mol. The van der Waals surface area contributed by atoms with Gasteiger partial charge in [0.2, 0.25) is 15.9 Å². The van der Waals surface area contributed by atoms with Gasteiger partial charge in [0.25, 0.3) is 0 Å². The molecule has 162 valence electrons. The summed E-state index contributed by atoms with van der Waals surface area (Å²) < 4.78 is 45.7. The van der Waals surface area contributed by atoms with E-state index < -0.39 is 15.8 Å². The number of nitrogens with zero attached hydrogens (tertiary/aromatic N) is 2. The monoisotopic (exact) mass is 454 g/mol. The second kappa shape index (κ2) is 9.76. The van der Waals surface area contributed by atoms with E-state index >= 15 is 0 Å². The smallest absolute Gasteiger partial charge is 0.243 e. The zero-order valence-electron chi connectivity index (χ0n) is 16.7. The zero-order valence-corrected chi connectivity index (χ0v) is 18.3. The van der Waals surface area contributed by atoms with Crippen molar-refractivity contribution in [3.05, 3.63) is 58.9 Å². The summed E-state index contributed by atoms with van der Waals surface area (Å²) in [6.07, 6.45) is 0.922. The molecule has 0 bridgehead atoms. The Kier molecular flexibility index (Phi) is 7.33.